The van der Waals surface area contributed by atoms with Crippen molar-refractivity contribution in [2.24, 2.45) is 0 Å². The number of halogens is 1. The van der Waals surface area contributed by atoms with E-state index in [9.17, 15) is 0 Å². The van der Waals surface area contributed by atoms with Crippen LogP contribution in [0.3, 0.4) is 0 Å². The first-order valence-corrected chi connectivity index (χ1v) is 6.49. The average Bonchev–Trinajstić information content (AvgIpc) is 3.01. The van der Waals surface area contributed by atoms with E-state index in [1.807, 2.05) is 13.8 Å². The zero-order valence-electron chi connectivity index (χ0n) is 9.66. The maximum atomic E-state index is 5.68. The number of nitrogens with one attached hydrogen (secondary N) is 1. The Balaban J connectivity index is 2.07. The number of rotatable bonds is 5. The van der Waals surface area contributed by atoms with Crippen molar-refractivity contribution in [1.82, 2.24) is 10.3 Å². The molecule has 1 aromatic rings. The monoisotopic (exact) mass is 284 g/mol. The van der Waals surface area contributed by atoms with Crippen molar-refractivity contribution >= 4 is 15.9 Å². The topological polar surface area (TPSA) is 34.1 Å². The van der Waals surface area contributed by atoms with Gasteiger partial charge in [0.1, 0.15) is 0 Å². The molecule has 0 saturated heterocycles. The van der Waals surface area contributed by atoms with Gasteiger partial charge in [0, 0.05) is 28.8 Å². The van der Waals surface area contributed by atoms with Gasteiger partial charge in [-0.2, -0.15) is 0 Å². The van der Waals surface area contributed by atoms with Crippen LogP contribution in [0, 0.1) is 0 Å². The van der Waals surface area contributed by atoms with Gasteiger partial charge in [-0.15, -0.1) is 0 Å². The molecule has 1 N–H and O–H groups in total. The molecule has 16 heavy (non-hydrogen) atoms. The van der Waals surface area contributed by atoms with Gasteiger partial charge >= 0.3 is 0 Å². The highest BCUT2D eigenvalue weighted by molar-refractivity contribution is 9.10. The molecule has 0 aliphatic heterocycles. The normalized spacial score (nSPS) is 15.5. The minimum Gasteiger partial charge on any atom is -0.475 e. The van der Waals surface area contributed by atoms with Crippen LogP contribution in [-0.2, 0) is 6.54 Å². The van der Waals surface area contributed by atoms with Crippen LogP contribution >= 0.6 is 15.9 Å². The first kappa shape index (κ1) is 11.9. The van der Waals surface area contributed by atoms with E-state index in [1.54, 1.807) is 6.20 Å². The van der Waals surface area contributed by atoms with Crippen molar-refractivity contribution in [3.05, 3.63) is 22.3 Å². The van der Waals surface area contributed by atoms with Crippen LogP contribution in [0.1, 0.15) is 32.3 Å². The van der Waals surface area contributed by atoms with Gasteiger partial charge in [-0.3, -0.25) is 0 Å². The highest BCUT2D eigenvalue weighted by atomic mass is 79.9. The molecule has 0 unspecified atom stereocenters. The molecule has 88 valence electrons. The summed E-state index contributed by atoms with van der Waals surface area (Å²) in [7, 11) is 0. The number of nitrogens with zero attached hydrogens (tertiary/aromatic N) is 1. The van der Waals surface area contributed by atoms with Crippen molar-refractivity contribution in [1.29, 1.82) is 0 Å². The standard InChI is InChI=1S/C12H17BrN2O/c1-8(2)16-12-9(5-10(13)7-15-12)6-14-11-3-4-11/h5,7-8,11,14H,3-4,6H2,1-2H3. The third-order valence-corrected chi connectivity index (χ3v) is 2.83. The fourth-order valence-corrected chi connectivity index (χ4v) is 1.85. The molecule has 3 nitrogen and oxygen atoms in total. The lowest BCUT2D eigenvalue weighted by Gasteiger charge is -2.13. The van der Waals surface area contributed by atoms with Crippen LogP contribution in [0.25, 0.3) is 0 Å². The summed E-state index contributed by atoms with van der Waals surface area (Å²) in [5, 5.41) is 3.47. The van der Waals surface area contributed by atoms with E-state index in [0.717, 1.165) is 22.5 Å². The fourth-order valence-electron chi connectivity index (χ4n) is 1.47. The summed E-state index contributed by atoms with van der Waals surface area (Å²) in [5.74, 6) is 0.742. The van der Waals surface area contributed by atoms with Crippen LogP contribution in [0.2, 0.25) is 0 Å². The number of aromatic nitrogens is 1. The Hall–Kier alpha value is -0.610. The Kier molecular flexibility index (Phi) is 3.82. The maximum absolute atomic E-state index is 5.68. The molecule has 1 heterocycles. The van der Waals surface area contributed by atoms with Gasteiger partial charge in [-0.05, 0) is 48.7 Å². The molecule has 1 aromatic heterocycles. The molecule has 0 radical (unpaired) electrons. The van der Waals surface area contributed by atoms with Crippen LogP contribution in [0.15, 0.2) is 16.7 Å². The van der Waals surface area contributed by atoms with E-state index in [0.29, 0.717) is 6.04 Å². The van der Waals surface area contributed by atoms with E-state index < -0.39 is 0 Å². The van der Waals surface area contributed by atoms with E-state index in [2.05, 4.69) is 32.3 Å². The van der Waals surface area contributed by atoms with Crippen molar-refractivity contribution in [2.75, 3.05) is 0 Å². The largest absolute Gasteiger partial charge is 0.475 e. The van der Waals surface area contributed by atoms with Crippen molar-refractivity contribution in [3.63, 3.8) is 0 Å². The summed E-state index contributed by atoms with van der Waals surface area (Å²) >= 11 is 3.44. The molecular weight excluding hydrogens is 268 g/mol. The zero-order valence-corrected chi connectivity index (χ0v) is 11.3. The molecule has 0 aromatic carbocycles. The molecule has 4 heteroatoms. The Morgan fingerprint density at radius 1 is 1.56 bits per heavy atom. The maximum Gasteiger partial charge on any atom is 0.218 e. The minimum absolute atomic E-state index is 0.161. The lowest BCUT2D eigenvalue weighted by Crippen LogP contribution is -2.17. The first-order valence-electron chi connectivity index (χ1n) is 5.69. The molecule has 0 atom stereocenters. The van der Waals surface area contributed by atoms with Crippen molar-refractivity contribution in [2.45, 2.75) is 45.4 Å². The summed E-state index contributed by atoms with van der Waals surface area (Å²) in [4.78, 5) is 4.31. The third-order valence-electron chi connectivity index (χ3n) is 2.40. The van der Waals surface area contributed by atoms with Gasteiger partial charge in [0.25, 0.3) is 0 Å². The predicted molar refractivity (Wildman–Crippen MR) is 67.6 cm³/mol. The van der Waals surface area contributed by atoms with E-state index >= 15 is 0 Å². The van der Waals surface area contributed by atoms with Gasteiger partial charge in [-0.25, -0.2) is 4.98 Å². The van der Waals surface area contributed by atoms with Crippen LogP contribution in [0.4, 0.5) is 0 Å². The third kappa shape index (κ3) is 3.46. The quantitative estimate of drug-likeness (QED) is 0.903. The SMILES string of the molecule is CC(C)Oc1ncc(Br)cc1CNC1CC1. The van der Waals surface area contributed by atoms with Crippen molar-refractivity contribution < 1.29 is 4.74 Å². The minimum atomic E-state index is 0.161. The Morgan fingerprint density at radius 2 is 2.31 bits per heavy atom. The first-order chi connectivity index (χ1) is 7.65. The highest BCUT2D eigenvalue weighted by Gasteiger charge is 2.21. The number of pyridine rings is 1. The molecule has 2 rings (SSSR count). The summed E-state index contributed by atoms with van der Waals surface area (Å²) in [6, 6.07) is 2.77. The second-order valence-electron chi connectivity index (χ2n) is 4.44. The van der Waals surface area contributed by atoms with Crippen molar-refractivity contribution in [3.8, 4) is 5.88 Å². The number of hydrogen-bond acceptors (Lipinski definition) is 3. The van der Waals surface area contributed by atoms with E-state index in [4.69, 9.17) is 4.74 Å². The van der Waals surface area contributed by atoms with Crippen LogP contribution in [0.5, 0.6) is 5.88 Å². The van der Waals surface area contributed by atoms with Gasteiger partial charge < -0.3 is 10.1 Å². The lowest BCUT2D eigenvalue weighted by molar-refractivity contribution is 0.229. The molecule has 1 saturated carbocycles. The molecule has 0 spiro atoms. The van der Waals surface area contributed by atoms with Crippen LogP contribution < -0.4 is 10.1 Å². The second kappa shape index (κ2) is 5.15. The average molecular weight is 285 g/mol. The zero-order chi connectivity index (χ0) is 11.5. The van der Waals surface area contributed by atoms with E-state index in [-0.39, 0.29) is 6.10 Å². The van der Waals surface area contributed by atoms with Gasteiger partial charge in [0.05, 0.1) is 6.10 Å². The number of hydrogen-bond donors (Lipinski definition) is 1. The van der Waals surface area contributed by atoms with Crippen LogP contribution in [-0.4, -0.2) is 17.1 Å². The Labute approximate surface area is 105 Å². The Morgan fingerprint density at radius 3 is 2.94 bits per heavy atom. The molecule has 1 aliphatic carbocycles. The second-order valence-corrected chi connectivity index (χ2v) is 5.36. The lowest BCUT2D eigenvalue weighted by atomic mass is 10.2. The molecule has 1 fully saturated rings. The fraction of sp³-hybridized carbons (Fsp3) is 0.583. The van der Waals surface area contributed by atoms with Gasteiger partial charge in [-0.1, -0.05) is 0 Å². The summed E-state index contributed by atoms with van der Waals surface area (Å²) < 4.78 is 6.68. The molecule has 1 aliphatic rings. The summed E-state index contributed by atoms with van der Waals surface area (Å²) in [5.41, 5.74) is 1.12. The summed E-state index contributed by atoms with van der Waals surface area (Å²) in [6.45, 7) is 4.86. The van der Waals surface area contributed by atoms with Gasteiger partial charge in [0.15, 0.2) is 0 Å². The van der Waals surface area contributed by atoms with E-state index in [1.165, 1.54) is 12.8 Å². The smallest absolute Gasteiger partial charge is 0.218 e. The Bertz CT molecular complexity index is 364. The predicted octanol–water partition coefficient (Wildman–Crippen LogP) is 2.88. The summed E-state index contributed by atoms with van der Waals surface area (Å²) in [6.07, 6.45) is 4.52. The highest BCUT2D eigenvalue weighted by Crippen LogP contribution is 2.24. The van der Waals surface area contributed by atoms with Gasteiger partial charge in [0.2, 0.25) is 5.88 Å². The molecule has 0 amide bonds. The molecule has 0 bridgehead atoms. The number of ether oxygens (including phenoxy) is 1. The molecular formula is C12H17BrN2O.